The van der Waals surface area contributed by atoms with Gasteiger partial charge in [0.15, 0.2) is 0 Å². The number of rotatable bonds is 2. The van der Waals surface area contributed by atoms with Crippen LogP contribution in [-0.2, 0) is 5.41 Å². The molecule has 1 aromatic carbocycles. The Balaban J connectivity index is 1.89. The highest BCUT2D eigenvalue weighted by atomic mass is 14.6. The Bertz CT molecular complexity index is 696. The summed E-state index contributed by atoms with van der Waals surface area (Å²) in [6, 6.07) is 9.44. The molecule has 27 heavy (non-hydrogen) atoms. The van der Waals surface area contributed by atoms with Gasteiger partial charge in [0, 0.05) is 5.41 Å². The smallest absolute Gasteiger partial charge is 0.0268 e. The van der Waals surface area contributed by atoms with Crippen LogP contribution in [0.4, 0.5) is 0 Å². The molecular formula is C27H38. The van der Waals surface area contributed by atoms with Gasteiger partial charge in [-0.2, -0.15) is 0 Å². The van der Waals surface area contributed by atoms with Crippen LogP contribution in [0.3, 0.4) is 0 Å². The molecule has 0 aliphatic heterocycles. The van der Waals surface area contributed by atoms with Crippen LogP contribution in [0, 0.1) is 23.7 Å². The number of benzene rings is 1. The zero-order valence-corrected chi connectivity index (χ0v) is 17.9. The molecule has 1 aromatic rings. The third-order valence-electron chi connectivity index (χ3n) is 8.30. The lowest BCUT2D eigenvalue weighted by Gasteiger charge is -2.50. The van der Waals surface area contributed by atoms with Crippen molar-refractivity contribution in [3.05, 3.63) is 53.1 Å². The Morgan fingerprint density at radius 3 is 1.74 bits per heavy atom. The Morgan fingerprint density at radius 1 is 0.741 bits per heavy atom. The maximum absolute atomic E-state index is 2.49. The molecule has 0 saturated heterocycles. The molecule has 0 bridgehead atoms. The van der Waals surface area contributed by atoms with Gasteiger partial charge in [0.05, 0.1) is 0 Å². The third-order valence-corrected chi connectivity index (χ3v) is 8.30. The van der Waals surface area contributed by atoms with E-state index in [2.05, 4.69) is 64.1 Å². The Morgan fingerprint density at radius 2 is 1.26 bits per heavy atom. The number of hydrogen-bond acceptors (Lipinski definition) is 0. The van der Waals surface area contributed by atoms with E-state index in [9.17, 15) is 0 Å². The quantitative estimate of drug-likeness (QED) is 0.501. The summed E-state index contributed by atoms with van der Waals surface area (Å²) in [6.45, 7) is 9.47. The molecule has 0 nitrogen and oxygen atoms in total. The van der Waals surface area contributed by atoms with E-state index < -0.39 is 0 Å². The largest absolute Gasteiger partial charge is 0.0829 e. The molecule has 0 heteroatoms. The summed E-state index contributed by atoms with van der Waals surface area (Å²) in [6.07, 6.45) is 16.2. The highest BCUT2D eigenvalue weighted by Crippen LogP contribution is 2.63. The third kappa shape index (κ3) is 2.95. The molecule has 0 atom stereocenters. The van der Waals surface area contributed by atoms with Gasteiger partial charge < -0.3 is 0 Å². The first kappa shape index (κ1) is 19.0. The minimum Gasteiger partial charge on any atom is -0.0829 e. The van der Waals surface area contributed by atoms with Crippen molar-refractivity contribution in [3.63, 3.8) is 0 Å². The second kappa shape index (κ2) is 7.61. The van der Waals surface area contributed by atoms with Crippen molar-refractivity contribution in [2.45, 2.75) is 84.5 Å². The summed E-state index contributed by atoms with van der Waals surface area (Å²) < 4.78 is 0. The fourth-order valence-electron chi connectivity index (χ4n) is 6.94. The average Bonchev–Trinajstić information content (AvgIpc) is 2.99. The monoisotopic (exact) mass is 362 g/mol. The summed E-state index contributed by atoms with van der Waals surface area (Å²) in [7, 11) is 0. The van der Waals surface area contributed by atoms with Crippen molar-refractivity contribution in [1.29, 1.82) is 0 Å². The van der Waals surface area contributed by atoms with Crippen molar-refractivity contribution in [2.24, 2.45) is 23.7 Å². The summed E-state index contributed by atoms with van der Waals surface area (Å²) in [5.41, 5.74) is 6.68. The van der Waals surface area contributed by atoms with Crippen molar-refractivity contribution in [3.8, 4) is 0 Å². The van der Waals surface area contributed by atoms with Crippen LogP contribution < -0.4 is 0 Å². The zero-order chi connectivity index (χ0) is 19.0. The first-order valence-corrected chi connectivity index (χ1v) is 11.6. The predicted molar refractivity (Wildman–Crippen MR) is 118 cm³/mol. The van der Waals surface area contributed by atoms with E-state index in [0.29, 0.717) is 0 Å². The number of fused-ring (bicyclic) bond motifs is 1. The first-order valence-electron chi connectivity index (χ1n) is 11.6. The standard InChI is InChI=1S/C27H38/c1-5-23-24-9-7-8-10-26(24)27(25(23)6-2,21-15-11-19(3)12-16-21)22-17-13-20(4)14-18-22/h5-10,19-22H,11-18H2,1-4H3/b23-5-,25-6+. The summed E-state index contributed by atoms with van der Waals surface area (Å²) >= 11 is 0. The Hall–Kier alpha value is -1.30. The minimum absolute atomic E-state index is 0.271. The number of allylic oxidation sites excluding steroid dienone is 4. The van der Waals surface area contributed by atoms with Gasteiger partial charge in [0.2, 0.25) is 0 Å². The van der Waals surface area contributed by atoms with Gasteiger partial charge in [-0.25, -0.2) is 0 Å². The summed E-state index contributed by atoms with van der Waals surface area (Å²) in [5, 5.41) is 0. The normalized spacial score (nSPS) is 39.7. The molecule has 0 unspecified atom stereocenters. The van der Waals surface area contributed by atoms with Crippen LogP contribution in [0.5, 0.6) is 0 Å². The fourth-order valence-corrected chi connectivity index (χ4v) is 6.94. The predicted octanol–water partition coefficient (Wildman–Crippen LogP) is 7.94. The van der Waals surface area contributed by atoms with Gasteiger partial charge in [-0.05, 0) is 85.5 Å². The van der Waals surface area contributed by atoms with Gasteiger partial charge in [-0.15, -0.1) is 0 Å². The second-order valence-corrected chi connectivity index (χ2v) is 9.73. The lowest BCUT2D eigenvalue weighted by Crippen LogP contribution is -2.45. The van der Waals surface area contributed by atoms with Gasteiger partial charge in [-0.1, -0.05) is 75.9 Å². The van der Waals surface area contributed by atoms with Crippen molar-refractivity contribution < 1.29 is 0 Å². The van der Waals surface area contributed by atoms with Gasteiger partial charge >= 0.3 is 0 Å². The van der Waals surface area contributed by atoms with E-state index >= 15 is 0 Å². The van der Waals surface area contributed by atoms with Crippen LogP contribution in [0.25, 0.3) is 5.57 Å². The summed E-state index contributed by atoms with van der Waals surface area (Å²) in [4.78, 5) is 0. The van der Waals surface area contributed by atoms with Crippen molar-refractivity contribution in [1.82, 2.24) is 0 Å². The molecule has 146 valence electrons. The van der Waals surface area contributed by atoms with E-state index in [1.165, 1.54) is 62.5 Å². The molecule has 0 spiro atoms. The molecule has 2 fully saturated rings. The molecule has 0 heterocycles. The molecule has 3 aliphatic rings. The Labute approximate surface area is 167 Å². The van der Waals surface area contributed by atoms with Crippen LogP contribution >= 0.6 is 0 Å². The fraction of sp³-hybridized carbons (Fsp3) is 0.630. The molecule has 0 amide bonds. The van der Waals surface area contributed by atoms with E-state index in [-0.39, 0.29) is 5.41 Å². The van der Waals surface area contributed by atoms with Crippen LogP contribution in [0.15, 0.2) is 42.0 Å². The lowest BCUT2D eigenvalue weighted by atomic mass is 9.53. The van der Waals surface area contributed by atoms with Crippen molar-refractivity contribution >= 4 is 5.57 Å². The molecule has 0 aromatic heterocycles. The first-order chi connectivity index (χ1) is 13.1. The highest BCUT2D eigenvalue weighted by molar-refractivity contribution is 5.90. The minimum atomic E-state index is 0.271. The van der Waals surface area contributed by atoms with E-state index in [4.69, 9.17) is 0 Å². The second-order valence-electron chi connectivity index (χ2n) is 9.73. The zero-order valence-electron chi connectivity index (χ0n) is 17.9. The van der Waals surface area contributed by atoms with Crippen LogP contribution in [0.1, 0.15) is 90.2 Å². The number of hydrogen-bond donors (Lipinski definition) is 0. The molecule has 4 rings (SSSR count). The van der Waals surface area contributed by atoms with Crippen molar-refractivity contribution in [2.75, 3.05) is 0 Å². The lowest BCUT2D eigenvalue weighted by molar-refractivity contribution is 0.112. The van der Waals surface area contributed by atoms with Gasteiger partial charge in [0.25, 0.3) is 0 Å². The highest BCUT2D eigenvalue weighted by Gasteiger charge is 2.54. The van der Waals surface area contributed by atoms with E-state index in [1.54, 1.807) is 11.1 Å². The maximum atomic E-state index is 2.49. The van der Waals surface area contributed by atoms with Crippen LogP contribution in [-0.4, -0.2) is 0 Å². The molecule has 0 radical (unpaired) electrons. The SMILES string of the molecule is C/C=C1\C(=C/C)c2ccccc2C1(C1CCC(C)CC1)C1CCC(C)CC1. The Kier molecular flexibility index (Phi) is 5.36. The van der Waals surface area contributed by atoms with Crippen LogP contribution in [0.2, 0.25) is 0 Å². The van der Waals surface area contributed by atoms with E-state index in [0.717, 1.165) is 23.7 Å². The molecular weight excluding hydrogens is 324 g/mol. The molecule has 0 N–H and O–H groups in total. The van der Waals surface area contributed by atoms with Gasteiger partial charge in [-0.3, -0.25) is 0 Å². The van der Waals surface area contributed by atoms with E-state index in [1.807, 2.05) is 0 Å². The van der Waals surface area contributed by atoms with Gasteiger partial charge in [0.1, 0.15) is 0 Å². The maximum Gasteiger partial charge on any atom is 0.0268 e. The average molecular weight is 363 g/mol. The molecule has 3 aliphatic carbocycles. The molecule has 2 saturated carbocycles. The topological polar surface area (TPSA) is 0 Å². The summed E-state index contributed by atoms with van der Waals surface area (Å²) in [5.74, 6) is 3.46.